The van der Waals surface area contributed by atoms with Crippen molar-refractivity contribution in [3.63, 3.8) is 0 Å². The van der Waals surface area contributed by atoms with Crippen molar-refractivity contribution in [1.82, 2.24) is 0 Å². The van der Waals surface area contributed by atoms with E-state index in [2.05, 4.69) is 0 Å². The van der Waals surface area contributed by atoms with Crippen molar-refractivity contribution < 1.29 is 19.7 Å². The summed E-state index contributed by atoms with van der Waals surface area (Å²) in [5, 5.41) is 22.3. The number of hydrogen-bond acceptors (Lipinski definition) is 4. The molecular weight excluding hydrogens is 268 g/mol. The van der Waals surface area contributed by atoms with Gasteiger partial charge >= 0.3 is 0 Å². The first-order valence-electron chi connectivity index (χ1n) is 7.12. The van der Waals surface area contributed by atoms with Gasteiger partial charge in [0.1, 0.15) is 11.5 Å². The van der Waals surface area contributed by atoms with Crippen molar-refractivity contribution in [3.05, 3.63) is 46.1 Å². The predicted octanol–water partition coefficient (Wildman–Crippen LogP) is 0.493. The van der Waals surface area contributed by atoms with Gasteiger partial charge in [-0.05, 0) is 35.8 Å². The number of benzene rings is 1. The maximum absolute atomic E-state index is 10.5. The van der Waals surface area contributed by atoms with Crippen LogP contribution in [0, 0.1) is 0 Å². The highest BCUT2D eigenvalue weighted by Gasteiger charge is 2.24. The number of allylic oxidation sites excluding steroid dienone is 1. The SMILES string of the molecule is Oc1cc2c(c3c1=C1COCCC1=CC(O)C3)OC=CC=2. The molecule has 0 saturated carbocycles. The molecule has 2 N–H and O–H groups in total. The predicted molar refractivity (Wildman–Crippen MR) is 78.2 cm³/mol. The number of rotatable bonds is 0. The van der Waals surface area contributed by atoms with Crippen molar-refractivity contribution in [2.45, 2.75) is 18.9 Å². The molecule has 2 heterocycles. The molecule has 0 amide bonds. The molecule has 4 heteroatoms. The van der Waals surface area contributed by atoms with Gasteiger partial charge in [0.25, 0.3) is 0 Å². The molecule has 1 fully saturated rings. The van der Waals surface area contributed by atoms with Crippen LogP contribution in [0.15, 0.2) is 30.1 Å². The van der Waals surface area contributed by atoms with E-state index in [-0.39, 0.29) is 5.75 Å². The summed E-state index contributed by atoms with van der Waals surface area (Å²) in [7, 11) is 0. The van der Waals surface area contributed by atoms with Crippen molar-refractivity contribution >= 4 is 11.6 Å². The van der Waals surface area contributed by atoms with E-state index < -0.39 is 6.10 Å². The molecule has 4 rings (SSSR count). The molecule has 0 bridgehead atoms. The topological polar surface area (TPSA) is 58.9 Å². The van der Waals surface area contributed by atoms with Crippen LogP contribution in [-0.2, 0) is 11.2 Å². The van der Waals surface area contributed by atoms with Gasteiger partial charge in [-0.2, -0.15) is 0 Å². The third-order valence-electron chi connectivity index (χ3n) is 4.19. The Morgan fingerprint density at radius 2 is 2.19 bits per heavy atom. The molecule has 1 aliphatic carbocycles. The van der Waals surface area contributed by atoms with E-state index in [0.29, 0.717) is 19.6 Å². The highest BCUT2D eigenvalue weighted by atomic mass is 16.5. The van der Waals surface area contributed by atoms with E-state index in [4.69, 9.17) is 9.47 Å². The highest BCUT2D eigenvalue weighted by molar-refractivity contribution is 5.71. The fourth-order valence-electron chi connectivity index (χ4n) is 3.29. The van der Waals surface area contributed by atoms with Crippen LogP contribution in [0.3, 0.4) is 0 Å². The fraction of sp³-hybridized carbons (Fsp3) is 0.294. The second-order valence-electron chi connectivity index (χ2n) is 5.53. The van der Waals surface area contributed by atoms with Crippen molar-refractivity contribution in [2.75, 3.05) is 13.2 Å². The van der Waals surface area contributed by atoms with E-state index in [0.717, 1.165) is 39.3 Å². The highest BCUT2D eigenvalue weighted by Crippen LogP contribution is 2.28. The van der Waals surface area contributed by atoms with Crippen LogP contribution in [0.4, 0.5) is 0 Å². The molecule has 108 valence electrons. The average molecular weight is 284 g/mol. The monoisotopic (exact) mass is 284 g/mol. The summed E-state index contributed by atoms with van der Waals surface area (Å²) < 4.78 is 11.2. The Morgan fingerprint density at radius 3 is 3.10 bits per heavy atom. The van der Waals surface area contributed by atoms with Crippen LogP contribution in [0.1, 0.15) is 12.0 Å². The van der Waals surface area contributed by atoms with Crippen molar-refractivity contribution in [1.29, 1.82) is 0 Å². The number of fused-ring (bicyclic) bond motifs is 4. The number of hydrogen-bond donors (Lipinski definition) is 2. The normalized spacial score (nSPS) is 23.0. The zero-order chi connectivity index (χ0) is 14.4. The van der Waals surface area contributed by atoms with Gasteiger partial charge in [-0.25, -0.2) is 0 Å². The van der Waals surface area contributed by atoms with Gasteiger partial charge in [0.15, 0.2) is 0 Å². The maximum Gasteiger partial charge on any atom is 0.137 e. The van der Waals surface area contributed by atoms with Gasteiger partial charge in [-0.15, -0.1) is 0 Å². The lowest BCUT2D eigenvalue weighted by atomic mass is 9.96. The number of aromatic hydroxyl groups is 1. The Balaban J connectivity index is 2.10. The van der Waals surface area contributed by atoms with Crippen LogP contribution < -0.4 is 15.2 Å². The lowest BCUT2D eigenvalue weighted by molar-refractivity contribution is 0.158. The molecule has 2 aliphatic heterocycles. The Morgan fingerprint density at radius 1 is 1.29 bits per heavy atom. The summed E-state index contributed by atoms with van der Waals surface area (Å²) in [5.74, 6) is 0.941. The maximum atomic E-state index is 10.5. The van der Waals surface area contributed by atoms with Crippen LogP contribution in [-0.4, -0.2) is 29.5 Å². The third-order valence-corrected chi connectivity index (χ3v) is 4.19. The van der Waals surface area contributed by atoms with Gasteiger partial charge in [0, 0.05) is 22.4 Å². The van der Waals surface area contributed by atoms with Crippen LogP contribution in [0.25, 0.3) is 11.6 Å². The molecule has 0 aromatic heterocycles. The minimum Gasteiger partial charge on any atom is -0.507 e. The van der Waals surface area contributed by atoms with Crippen molar-refractivity contribution in [2.24, 2.45) is 0 Å². The van der Waals surface area contributed by atoms with E-state index in [1.54, 1.807) is 18.4 Å². The lowest BCUT2D eigenvalue weighted by Crippen LogP contribution is -2.26. The number of ether oxygens (including phenoxy) is 2. The zero-order valence-corrected chi connectivity index (χ0v) is 11.5. The Kier molecular flexibility index (Phi) is 2.87. The van der Waals surface area contributed by atoms with Crippen LogP contribution in [0.2, 0.25) is 0 Å². The number of phenolic OH excluding ortho intramolecular Hbond substituents is 1. The molecule has 3 aliphatic rings. The van der Waals surface area contributed by atoms with Gasteiger partial charge < -0.3 is 19.7 Å². The molecule has 1 atom stereocenters. The molecule has 1 saturated heterocycles. The number of aliphatic hydroxyl groups is 1. The second-order valence-corrected chi connectivity index (χ2v) is 5.53. The van der Waals surface area contributed by atoms with E-state index in [1.165, 1.54) is 0 Å². The van der Waals surface area contributed by atoms with Gasteiger partial charge in [-0.3, -0.25) is 0 Å². The molecule has 1 aromatic rings. The molecule has 0 radical (unpaired) electrons. The molecule has 0 spiro atoms. The Hall–Kier alpha value is -2.04. The summed E-state index contributed by atoms with van der Waals surface area (Å²) >= 11 is 0. The summed E-state index contributed by atoms with van der Waals surface area (Å²) in [5.41, 5.74) is 2.88. The number of phenols is 1. The first-order valence-corrected chi connectivity index (χ1v) is 7.12. The van der Waals surface area contributed by atoms with Crippen LogP contribution in [0.5, 0.6) is 11.5 Å². The molecule has 1 aromatic carbocycles. The smallest absolute Gasteiger partial charge is 0.137 e. The zero-order valence-electron chi connectivity index (χ0n) is 11.5. The number of aliphatic hydroxyl groups excluding tert-OH is 1. The lowest BCUT2D eigenvalue weighted by Gasteiger charge is -2.20. The molecule has 4 nitrogen and oxygen atoms in total. The minimum atomic E-state index is -0.574. The van der Waals surface area contributed by atoms with Crippen LogP contribution >= 0.6 is 0 Å². The van der Waals surface area contributed by atoms with E-state index in [9.17, 15) is 10.2 Å². The fourth-order valence-corrected chi connectivity index (χ4v) is 3.29. The molecule has 1 unspecified atom stereocenters. The summed E-state index contributed by atoms with van der Waals surface area (Å²) in [6, 6.07) is 1.72. The second kappa shape index (κ2) is 4.76. The summed E-state index contributed by atoms with van der Waals surface area (Å²) in [6.45, 7) is 1.10. The quantitative estimate of drug-likeness (QED) is 0.728. The summed E-state index contributed by atoms with van der Waals surface area (Å²) in [4.78, 5) is 0. The standard InChI is InChI=1S/C17H16O4/c18-12-6-10-3-5-20-9-14(10)16-13(8-12)17-11(7-15(16)19)2-1-4-21-17/h1-2,4,6-7,12,18-19H,3,5,8-9H2. The van der Waals surface area contributed by atoms with Gasteiger partial charge in [0.05, 0.1) is 25.6 Å². The first-order chi connectivity index (χ1) is 10.2. The van der Waals surface area contributed by atoms with Gasteiger partial charge in [-0.1, -0.05) is 6.08 Å². The largest absolute Gasteiger partial charge is 0.507 e. The minimum absolute atomic E-state index is 0.222. The first kappa shape index (κ1) is 12.7. The van der Waals surface area contributed by atoms with E-state index >= 15 is 0 Å². The van der Waals surface area contributed by atoms with E-state index in [1.807, 2.05) is 12.2 Å². The Labute approximate surface area is 121 Å². The Bertz CT molecular complexity index is 786. The molecule has 21 heavy (non-hydrogen) atoms. The average Bonchev–Trinajstić information content (AvgIpc) is 2.63. The third kappa shape index (κ3) is 1.99. The summed E-state index contributed by atoms with van der Waals surface area (Å²) in [6.07, 6.45) is 7.80. The molecular formula is C17H16O4. The van der Waals surface area contributed by atoms with Crippen molar-refractivity contribution in [3.8, 4) is 11.5 Å². The van der Waals surface area contributed by atoms with Gasteiger partial charge in [0.2, 0.25) is 0 Å².